The highest BCUT2D eigenvalue weighted by atomic mass is 19.1. The molecule has 2 atom stereocenters. The third-order valence-corrected chi connectivity index (χ3v) is 4.20. The molecule has 8 heteroatoms. The van der Waals surface area contributed by atoms with Crippen molar-refractivity contribution in [3.8, 4) is 11.5 Å². The number of nitrogens with zero attached hydrogens (tertiary/aromatic N) is 3. The summed E-state index contributed by atoms with van der Waals surface area (Å²) >= 11 is 0. The molecule has 2 unspecified atom stereocenters. The van der Waals surface area contributed by atoms with Crippen molar-refractivity contribution in [1.82, 2.24) is 20.4 Å². The molecule has 0 aliphatic heterocycles. The quantitative estimate of drug-likeness (QED) is 0.595. The molecular formula is C23H35FN4O3. The van der Waals surface area contributed by atoms with Gasteiger partial charge in [0.05, 0.1) is 6.04 Å². The Balaban J connectivity index is 0.00000110. The monoisotopic (exact) mass is 434 g/mol. The fourth-order valence-corrected chi connectivity index (χ4v) is 2.64. The van der Waals surface area contributed by atoms with Crippen molar-refractivity contribution in [2.24, 2.45) is 11.8 Å². The van der Waals surface area contributed by atoms with Gasteiger partial charge in [0.15, 0.2) is 0 Å². The molecular weight excluding hydrogens is 399 g/mol. The molecule has 0 aliphatic carbocycles. The molecule has 1 N–H and O–H groups in total. The molecule has 172 valence electrons. The summed E-state index contributed by atoms with van der Waals surface area (Å²) in [5.74, 6) is 0.191. The van der Waals surface area contributed by atoms with Crippen LogP contribution in [0.5, 0.6) is 0 Å². The van der Waals surface area contributed by atoms with E-state index in [-0.39, 0.29) is 29.5 Å². The number of hydrogen-bond acceptors (Lipinski definition) is 6. The van der Waals surface area contributed by atoms with E-state index in [9.17, 15) is 14.0 Å². The molecule has 7 nitrogen and oxygen atoms in total. The topological polar surface area (TPSA) is 88.3 Å². The summed E-state index contributed by atoms with van der Waals surface area (Å²) in [5.41, 5.74) is 0.507. The molecule has 0 bridgehead atoms. The van der Waals surface area contributed by atoms with Gasteiger partial charge in [0.25, 0.3) is 17.6 Å². The predicted octanol–water partition coefficient (Wildman–Crippen LogP) is 4.20. The van der Waals surface area contributed by atoms with Crippen LogP contribution in [0.1, 0.15) is 58.6 Å². The van der Waals surface area contributed by atoms with E-state index in [0.29, 0.717) is 18.5 Å². The van der Waals surface area contributed by atoms with Gasteiger partial charge in [-0.25, -0.2) is 4.39 Å². The molecule has 0 spiro atoms. The van der Waals surface area contributed by atoms with Gasteiger partial charge in [-0.05, 0) is 56.5 Å². The number of aromatic nitrogens is 2. The lowest BCUT2D eigenvalue weighted by molar-refractivity contribution is -0.112. The lowest BCUT2D eigenvalue weighted by atomic mass is 10.0. The Morgan fingerprint density at radius 1 is 1.16 bits per heavy atom. The average Bonchev–Trinajstić information content (AvgIpc) is 3.20. The van der Waals surface area contributed by atoms with Crippen LogP contribution in [0, 0.1) is 17.7 Å². The highest BCUT2D eigenvalue weighted by molar-refractivity contribution is 5.92. The minimum absolute atomic E-state index is 0.0213. The van der Waals surface area contributed by atoms with Gasteiger partial charge in [0.1, 0.15) is 12.1 Å². The van der Waals surface area contributed by atoms with Crippen molar-refractivity contribution in [2.75, 3.05) is 13.6 Å². The lowest BCUT2D eigenvalue weighted by Gasteiger charge is -2.30. The second-order valence-corrected chi connectivity index (χ2v) is 8.64. The van der Waals surface area contributed by atoms with Crippen LogP contribution < -0.4 is 5.32 Å². The third-order valence-electron chi connectivity index (χ3n) is 4.20. The molecule has 0 aliphatic rings. The first kappa shape index (κ1) is 26.4. The third kappa shape index (κ3) is 8.96. The lowest BCUT2D eigenvalue weighted by Crippen LogP contribution is -2.48. The zero-order valence-corrected chi connectivity index (χ0v) is 19.6. The van der Waals surface area contributed by atoms with E-state index < -0.39 is 11.9 Å². The van der Waals surface area contributed by atoms with Gasteiger partial charge < -0.3 is 19.5 Å². The zero-order chi connectivity index (χ0) is 23.6. The summed E-state index contributed by atoms with van der Waals surface area (Å²) < 4.78 is 18.2. The van der Waals surface area contributed by atoms with Crippen molar-refractivity contribution in [1.29, 1.82) is 0 Å². The van der Waals surface area contributed by atoms with E-state index in [1.54, 1.807) is 7.05 Å². The van der Waals surface area contributed by atoms with Crippen LogP contribution in [0.25, 0.3) is 11.5 Å². The number of likely N-dealkylation sites (N-methyl/N-ethyl adjacent to an activating group) is 1. The number of carbonyl (C=O) groups is 2. The van der Waals surface area contributed by atoms with Crippen LogP contribution in [0.2, 0.25) is 0 Å². The Morgan fingerprint density at radius 2 is 1.74 bits per heavy atom. The van der Waals surface area contributed by atoms with E-state index in [2.05, 4.69) is 36.2 Å². The highest BCUT2D eigenvalue weighted by Gasteiger charge is 2.29. The van der Waals surface area contributed by atoms with Gasteiger partial charge in [-0.3, -0.25) is 4.79 Å². The Labute approximate surface area is 184 Å². The van der Waals surface area contributed by atoms with Gasteiger partial charge in [-0.2, -0.15) is 4.98 Å². The molecule has 1 aromatic carbocycles. The molecule has 2 rings (SSSR count). The van der Waals surface area contributed by atoms with Gasteiger partial charge in [0.2, 0.25) is 0 Å². The van der Waals surface area contributed by atoms with Crippen molar-refractivity contribution in [3.63, 3.8) is 0 Å². The maximum atomic E-state index is 13.1. The van der Waals surface area contributed by atoms with Crippen LogP contribution >= 0.6 is 0 Å². The molecule has 1 amide bonds. The first-order valence-electron chi connectivity index (χ1n) is 10.6. The number of hydrogen-bond donors (Lipinski definition) is 1. The Kier molecular flexibility index (Phi) is 11.0. The second kappa shape index (κ2) is 12.9. The van der Waals surface area contributed by atoms with Crippen molar-refractivity contribution >= 4 is 12.2 Å². The van der Waals surface area contributed by atoms with Crippen LogP contribution in [0.4, 0.5) is 4.39 Å². The SMILES string of the molecule is CC(C)C.CNC(C)CN(C(=O)c1noc(-c2ccc(F)cc2)n1)C(C=O)CC(C)C. The Morgan fingerprint density at radius 3 is 2.23 bits per heavy atom. The minimum Gasteiger partial charge on any atom is -0.333 e. The molecule has 1 heterocycles. The normalized spacial score (nSPS) is 12.8. The summed E-state index contributed by atoms with van der Waals surface area (Å²) in [6, 6.07) is 4.92. The first-order chi connectivity index (χ1) is 14.6. The summed E-state index contributed by atoms with van der Waals surface area (Å²) in [5, 5.41) is 6.82. The number of amides is 1. The predicted molar refractivity (Wildman–Crippen MR) is 119 cm³/mol. The van der Waals surface area contributed by atoms with Crippen LogP contribution in [-0.4, -0.2) is 52.9 Å². The molecule has 1 aromatic heterocycles. The number of benzene rings is 1. The molecule has 2 aromatic rings. The van der Waals surface area contributed by atoms with E-state index in [0.717, 1.165) is 12.2 Å². The first-order valence-corrected chi connectivity index (χ1v) is 10.6. The molecule has 0 saturated heterocycles. The van der Waals surface area contributed by atoms with E-state index in [1.165, 1.54) is 29.2 Å². The van der Waals surface area contributed by atoms with Crippen LogP contribution in [0.3, 0.4) is 0 Å². The number of halogens is 1. The molecule has 0 fully saturated rings. The number of rotatable bonds is 9. The maximum absolute atomic E-state index is 13.1. The number of carbonyl (C=O) groups excluding carboxylic acids is 2. The number of nitrogens with one attached hydrogen (secondary N) is 1. The highest BCUT2D eigenvalue weighted by Crippen LogP contribution is 2.19. The zero-order valence-electron chi connectivity index (χ0n) is 19.6. The van der Waals surface area contributed by atoms with Gasteiger partial charge in [-0.15, -0.1) is 0 Å². The molecule has 0 saturated carbocycles. The fourth-order valence-electron chi connectivity index (χ4n) is 2.64. The van der Waals surface area contributed by atoms with E-state index in [1.807, 2.05) is 20.8 Å². The Hall–Kier alpha value is -2.61. The van der Waals surface area contributed by atoms with Crippen molar-refractivity contribution in [3.05, 3.63) is 35.9 Å². The van der Waals surface area contributed by atoms with Gasteiger partial charge >= 0.3 is 0 Å². The van der Waals surface area contributed by atoms with Crippen LogP contribution in [-0.2, 0) is 4.79 Å². The molecule has 0 radical (unpaired) electrons. The van der Waals surface area contributed by atoms with Gasteiger partial charge in [0, 0.05) is 18.2 Å². The van der Waals surface area contributed by atoms with Crippen molar-refractivity contribution in [2.45, 2.75) is 60.0 Å². The summed E-state index contributed by atoms with van der Waals surface area (Å²) in [6.07, 6.45) is 1.32. The summed E-state index contributed by atoms with van der Waals surface area (Å²) in [7, 11) is 1.78. The smallest absolute Gasteiger partial charge is 0.295 e. The fraction of sp³-hybridized carbons (Fsp3) is 0.565. The summed E-state index contributed by atoms with van der Waals surface area (Å²) in [6.45, 7) is 12.7. The second-order valence-electron chi connectivity index (χ2n) is 8.64. The maximum Gasteiger partial charge on any atom is 0.295 e. The van der Waals surface area contributed by atoms with Crippen molar-refractivity contribution < 1.29 is 18.5 Å². The Bertz CT molecular complexity index is 803. The van der Waals surface area contributed by atoms with E-state index >= 15 is 0 Å². The summed E-state index contributed by atoms with van der Waals surface area (Å²) in [4.78, 5) is 30.2. The average molecular weight is 435 g/mol. The minimum atomic E-state index is -0.582. The molecule has 31 heavy (non-hydrogen) atoms. The largest absolute Gasteiger partial charge is 0.333 e. The van der Waals surface area contributed by atoms with Crippen LogP contribution in [0.15, 0.2) is 28.8 Å². The number of aldehydes is 1. The van der Waals surface area contributed by atoms with Gasteiger partial charge in [-0.1, -0.05) is 39.8 Å². The standard InChI is InChI=1S/C19H25FN4O3.C4H10/c1-12(2)9-16(11-25)24(10-13(3)21-4)19(26)17-22-18(27-23-17)14-5-7-15(20)8-6-14;1-4(2)3/h5-8,11-13,16,21H,9-10H2,1-4H3;4H,1-3H3. The van der Waals surface area contributed by atoms with E-state index in [4.69, 9.17) is 4.52 Å².